The first-order chi connectivity index (χ1) is 7.65. The molecule has 0 saturated heterocycles. The molecule has 4 heteroatoms. The summed E-state index contributed by atoms with van der Waals surface area (Å²) in [6, 6.07) is 3.60. The molecular formula is C12H14FN3. The third-order valence-electron chi connectivity index (χ3n) is 2.23. The number of nitrogens with zero attached hydrogens (tertiary/aromatic N) is 3. The molecule has 0 unspecified atom stereocenters. The minimum Gasteiger partial charge on any atom is -0.206 e. The maximum Gasteiger partial charge on any atom is 0.129 e. The number of azide groups is 1. The summed E-state index contributed by atoms with van der Waals surface area (Å²) < 4.78 is 13.3. The van der Waals surface area contributed by atoms with E-state index in [4.69, 9.17) is 5.53 Å². The van der Waals surface area contributed by atoms with Crippen LogP contribution in [0.25, 0.3) is 16.5 Å². The second-order valence-corrected chi connectivity index (χ2v) is 3.61. The zero-order valence-electron chi connectivity index (χ0n) is 9.44. The average molecular weight is 219 g/mol. The Labute approximate surface area is 94.2 Å². The SMILES string of the molecule is Cc1cc(C=CCCN=[N+]=[N-])cc(C)c1F. The molecule has 1 rings (SSSR count). The van der Waals surface area contributed by atoms with Gasteiger partial charge in [-0.3, -0.25) is 0 Å². The Balaban J connectivity index is 2.71. The summed E-state index contributed by atoms with van der Waals surface area (Å²) in [5, 5.41) is 3.42. The lowest BCUT2D eigenvalue weighted by molar-refractivity contribution is 0.609. The van der Waals surface area contributed by atoms with E-state index in [0.29, 0.717) is 24.1 Å². The third kappa shape index (κ3) is 3.41. The lowest BCUT2D eigenvalue weighted by atomic mass is 10.1. The maximum atomic E-state index is 13.3. The second-order valence-electron chi connectivity index (χ2n) is 3.61. The van der Waals surface area contributed by atoms with Gasteiger partial charge in [0.2, 0.25) is 0 Å². The fourth-order valence-electron chi connectivity index (χ4n) is 1.47. The van der Waals surface area contributed by atoms with Crippen LogP contribution >= 0.6 is 0 Å². The molecule has 0 heterocycles. The van der Waals surface area contributed by atoms with Crippen LogP contribution < -0.4 is 0 Å². The molecule has 0 aliphatic heterocycles. The Morgan fingerprint density at radius 3 is 2.56 bits per heavy atom. The third-order valence-corrected chi connectivity index (χ3v) is 2.23. The summed E-state index contributed by atoms with van der Waals surface area (Å²) in [6.45, 7) is 3.95. The first-order valence-corrected chi connectivity index (χ1v) is 5.09. The van der Waals surface area contributed by atoms with Gasteiger partial charge < -0.3 is 0 Å². The van der Waals surface area contributed by atoms with Crippen molar-refractivity contribution < 1.29 is 4.39 Å². The molecule has 0 fully saturated rings. The zero-order chi connectivity index (χ0) is 12.0. The van der Waals surface area contributed by atoms with Gasteiger partial charge in [-0.25, -0.2) is 4.39 Å². The van der Waals surface area contributed by atoms with E-state index in [1.165, 1.54) is 0 Å². The number of benzene rings is 1. The first-order valence-electron chi connectivity index (χ1n) is 5.09. The monoisotopic (exact) mass is 219 g/mol. The van der Waals surface area contributed by atoms with Crippen molar-refractivity contribution in [3.8, 4) is 0 Å². The van der Waals surface area contributed by atoms with Crippen LogP contribution in [-0.4, -0.2) is 6.54 Å². The van der Waals surface area contributed by atoms with Gasteiger partial charge in [-0.1, -0.05) is 17.3 Å². The van der Waals surface area contributed by atoms with Crippen LogP contribution in [0.1, 0.15) is 23.1 Å². The zero-order valence-corrected chi connectivity index (χ0v) is 9.44. The molecule has 0 spiro atoms. The molecule has 1 aromatic rings. The van der Waals surface area contributed by atoms with Crippen molar-refractivity contribution >= 4 is 6.08 Å². The van der Waals surface area contributed by atoms with Gasteiger partial charge in [0.05, 0.1) is 0 Å². The molecular weight excluding hydrogens is 205 g/mol. The molecule has 3 nitrogen and oxygen atoms in total. The molecule has 16 heavy (non-hydrogen) atoms. The van der Waals surface area contributed by atoms with E-state index in [1.807, 2.05) is 12.2 Å². The van der Waals surface area contributed by atoms with E-state index in [0.717, 1.165) is 5.56 Å². The lowest BCUT2D eigenvalue weighted by Crippen LogP contribution is -1.88. The van der Waals surface area contributed by atoms with Crippen LogP contribution in [-0.2, 0) is 0 Å². The van der Waals surface area contributed by atoms with Crippen molar-refractivity contribution in [1.29, 1.82) is 0 Å². The fourth-order valence-corrected chi connectivity index (χ4v) is 1.47. The largest absolute Gasteiger partial charge is 0.206 e. The maximum absolute atomic E-state index is 13.3. The summed E-state index contributed by atoms with van der Waals surface area (Å²) in [5.41, 5.74) is 10.3. The van der Waals surface area contributed by atoms with E-state index in [-0.39, 0.29) is 5.82 Å². The molecule has 1 aromatic carbocycles. The topological polar surface area (TPSA) is 48.8 Å². The molecule has 84 valence electrons. The Kier molecular flexibility index (Phi) is 4.55. The van der Waals surface area contributed by atoms with E-state index in [9.17, 15) is 4.39 Å². The van der Waals surface area contributed by atoms with Gasteiger partial charge in [0.25, 0.3) is 0 Å². The van der Waals surface area contributed by atoms with Crippen molar-refractivity contribution in [1.82, 2.24) is 0 Å². The minimum absolute atomic E-state index is 0.147. The standard InChI is InChI=1S/C12H14FN3/c1-9-7-11(8-10(2)12(9)13)5-3-4-6-15-16-14/h3,5,7-8H,4,6H2,1-2H3. The van der Waals surface area contributed by atoms with E-state index < -0.39 is 0 Å². The minimum atomic E-state index is -0.147. The molecule has 0 radical (unpaired) electrons. The number of hydrogen-bond donors (Lipinski definition) is 0. The van der Waals surface area contributed by atoms with Crippen LogP contribution in [0.2, 0.25) is 0 Å². The average Bonchev–Trinajstić information content (AvgIpc) is 2.25. The van der Waals surface area contributed by atoms with Gasteiger partial charge in [0, 0.05) is 11.5 Å². The van der Waals surface area contributed by atoms with Crippen molar-refractivity contribution in [3.63, 3.8) is 0 Å². The first kappa shape index (κ1) is 12.3. The van der Waals surface area contributed by atoms with Crippen molar-refractivity contribution in [2.45, 2.75) is 20.3 Å². The van der Waals surface area contributed by atoms with Crippen LogP contribution in [0, 0.1) is 19.7 Å². The van der Waals surface area contributed by atoms with Gasteiger partial charge in [-0.05, 0) is 54.6 Å². The second kappa shape index (κ2) is 5.93. The van der Waals surface area contributed by atoms with Gasteiger partial charge in [0.1, 0.15) is 5.82 Å². The highest BCUT2D eigenvalue weighted by Gasteiger charge is 2.01. The van der Waals surface area contributed by atoms with Gasteiger partial charge in [-0.2, -0.15) is 0 Å². The van der Waals surface area contributed by atoms with E-state index in [2.05, 4.69) is 10.0 Å². The Morgan fingerprint density at radius 1 is 1.38 bits per heavy atom. The molecule has 0 N–H and O–H groups in total. The van der Waals surface area contributed by atoms with E-state index in [1.54, 1.807) is 26.0 Å². The van der Waals surface area contributed by atoms with Gasteiger partial charge in [-0.15, -0.1) is 0 Å². The quantitative estimate of drug-likeness (QED) is 0.316. The van der Waals surface area contributed by atoms with Crippen LogP contribution in [0.5, 0.6) is 0 Å². The summed E-state index contributed by atoms with van der Waals surface area (Å²) in [7, 11) is 0. The van der Waals surface area contributed by atoms with Crippen LogP contribution in [0.3, 0.4) is 0 Å². The van der Waals surface area contributed by atoms with Crippen molar-refractivity contribution in [2.24, 2.45) is 5.11 Å². The number of halogens is 1. The van der Waals surface area contributed by atoms with Crippen LogP contribution in [0.4, 0.5) is 4.39 Å². The predicted molar refractivity (Wildman–Crippen MR) is 63.5 cm³/mol. The summed E-state index contributed by atoms with van der Waals surface area (Å²) in [5.74, 6) is -0.147. The molecule has 0 amide bonds. The molecule has 0 aliphatic rings. The Hall–Kier alpha value is -1.80. The fraction of sp³-hybridized carbons (Fsp3) is 0.333. The highest BCUT2D eigenvalue weighted by atomic mass is 19.1. The predicted octanol–water partition coefficient (Wildman–Crippen LogP) is 4.16. The summed E-state index contributed by atoms with van der Waals surface area (Å²) in [6.07, 6.45) is 4.52. The molecule has 0 aliphatic carbocycles. The molecule has 0 aromatic heterocycles. The van der Waals surface area contributed by atoms with Gasteiger partial charge >= 0.3 is 0 Å². The van der Waals surface area contributed by atoms with E-state index >= 15 is 0 Å². The Morgan fingerprint density at radius 2 is 2.00 bits per heavy atom. The molecule has 0 saturated carbocycles. The summed E-state index contributed by atoms with van der Waals surface area (Å²) in [4.78, 5) is 2.66. The number of aryl methyl sites for hydroxylation is 2. The lowest BCUT2D eigenvalue weighted by Gasteiger charge is -2.02. The molecule has 0 bridgehead atoms. The summed E-state index contributed by atoms with van der Waals surface area (Å²) >= 11 is 0. The Bertz CT molecular complexity index is 423. The van der Waals surface area contributed by atoms with Gasteiger partial charge in [0.15, 0.2) is 0 Å². The smallest absolute Gasteiger partial charge is 0.129 e. The number of hydrogen-bond acceptors (Lipinski definition) is 1. The highest BCUT2D eigenvalue weighted by Crippen LogP contribution is 2.15. The number of rotatable bonds is 4. The van der Waals surface area contributed by atoms with Crippen molar-refractivity contribution in [3.05, 3.63) is 51.2 Å². The van der Waals surface area contributed by atoms with Crippen LogP contribution in [0.15, 0.2) is 23.3 Å². The van der Waals surface area contributed by atoms with Crippen molar-refractivity contribution in [2.75, 3.05) is 6.54 Å². The normalized spacial score (nSPS) is 10.4. The molecule has 0 atom stereocenters. The highest BCUT2D eigenvalue weighted by molar-refractivity contribution is 5.52.